The lowest BCUT2D eigenvalue weighted by molar-refractivity contribution is -0.123. The van der Waals surface area contributed by atoms with Crippen molar-refractivity contribution in [3.8, 4) is 5.75 Å². The number of halogens is 1. The zero-order valence-electron chi connectivity index (χ0n) is 16.3. The Balaban J connectivity index is 1.62. The lowest BCUT2D eigenvalue weighted by atomic mass is 10.1. The van der Waals surface area contributed by atoms with E-state index in [1.165, 1.54) is 11.0 Å². The maximum absolute atomic E-state index is 12.6. The molecule has 2 aromatic rings. The fraction of sp³-hybridized carbons (Fsp3) is 0.286. The van der Waals surface area contributed by atoms with Gasteiger partial charge in [0, 0.05) is 18.0 Å². The molecule has 1 heterocycles. The van der Waals surface area contributed by atoms with Gasteiger partial charge in [-0.3, -0.25) is 25.2 Å². The van der Waals surface area contributed by atoms with Crippen LogP contribution in [0.4, 0.5) is 5.69 Å². The number of amides is 3. The Hall–Kier alpha value is -3.06. The maximum atomic E-state index is 12.6. The number of aryl methyl sites for hydroxylation is 2. The van der Waals surface area contributed by atoms with Gasteiger partial charge in [-0.1, -0.05) is 29.8 Å². The summed E-state index contributed by atoms with van der Waals surface area (Å²) in [6, 6.07) is 10.4. The summed E-state index contributed by atoms with van der Waals surface area (Å²) in [5.74, 6) is -0.473. The Morgan fingerprint density at radius 1 is 1.14 bits per heavy atom. The Bertz CT molecular complexity index is 941. The first-order valence-electron chi connectivity index (χ1n) is 9.25. The van der Waals surface area contributed by atoms with Crippen LogP contribution in [0.15, 0.2) is 36.4 Å². The molecular weight excluding hydrogens is 394 g/mol. The molecular formula is C21H22ClN3O4. The molecule has 0 bridgehead atoms. The SMILES string of the molecule is Cc1cccc(C)c1OCC(=O)NNC(=O)c1ccc(Cl)cc1N1CCCC1=O. The van der Waals surface area contributed by atoms with E-state index >= 15 is 0 Å². The minimum absolute atomic E-state index is 0.0626. The molecule has 2 aromatic carbocycles. The summed E-state index contributed by atoms with van der Waals surface area (Å²) in [6.45, 7) is 4.06. The van der Waals surface area contributed by atoms with Gasteiger partial charge in [0.15, 0.2) is 6.61 Å². The van der Waals surface area contributed by atoms with Gasteiger partial charge in [-0.2, -0.15) is 0 Å². The monoisotopic (exact) mass is 415 g/mol. The van der Waals surface area contributed by atoms with Gasteiger partial charge in [0.25, 0.3) is 11.8 Å². The van der Waals surface area contributed by atoms with Crippen LogP contribution in [0.2, 0.25) is 5.02 Å². The normalized spacial score (nSPS) is 13.3. The van der Waals surface area contributed by atoms with Crippen molar-refractivity contribution in [1.82, 2.24) is 10.9 Å². The third kappa shape index (κ3) is 4.86. The van der Waals surface area contributed by atoms with Gasteiger partial charge in [0.1, 0.15) is 5.75 Å². The summed E-state index contributed by atoms with van der Waals surface area (Å²) in [5, 5.41) is 0.419. The molecule has 0 saturated carbocycles. The van der Waals surface area contributed by atoms with Crippen LogP contribution in [0, 0.1) is 13.8 Å². The summed E-state index contributed by atoms with van der Waals surface area (Å²) in [5.41, 5.74) is 7.22. The predicted octanol–water partition coefficient (Wildman–Crippen LogP) is 2.92. The molecule has 0 spiro atoms. The summed E-state index contributed by atoms with van der Waals surface area (Å²) < 4.78 is 5.57. The van der Waals surface area contributed by atoms with Crippen molar-refractivity contribution >= 4 is 35.0 Å². The lowest BCUT2D eigenvalue weighted by Gasteiger charge is -2.20. The molecule has 3 amide bonds. The van der Waals surface area contributed by atoms with Gasteiger partial charge in [-0.25, -0.2) is 0 Å². The third-order valence-electron chi connectivity index (χ3n) is 4.64. The van der Waals surface area contributed by atoms with Crippen LogP contribution in [0.5, 0.6) is 5.75 Å². The molecule has 0 aromatic heterocycles. The zero-order valence-corrected chi connectivity index (χ0v) is 17.0. The highest BCUT2D eigenvalue weighted by Gasteiger charge is 2.26. The van der Waals surface area contributed by atoms with Crippen molar-refractivity contribution in [2.75, 3.05) is 18.1 Å². The molecule has 7 nitrogen and oxygen atoms in total. The smallest absolute Gasteiger partial charge is 0.276 e. The second kappa shape index (κ2) is 8.96. The van der Waals surface area contributed by atoms with Gasteiger partial charge >= 0.3 is 0 Å². The number of benzene rings is 2. The molecule has 3 rings (SSSR count). The van der Waals surface area contributed by atoms with Gasteiger partial charge in [0.05, 0.1) is 11.3 Å². The Morgan fingerprint density at radius 3 is 2.52 bits per heavy atom. The van der Waals surface area contributed by atoms with Crippen LogP contribution in [0.25, 0.3) is 0 Å². The average Bonchev–Trinajstić information content (AvgIpc) is 3.11. The molecule has 0 aliphatic carbocycles. The van der Waals surface area contributed by atoms with E-state index in [0.29, 0.717) is 29.4 Å². The Kier molecular flexibility index (Phi) is 6.39. The Morgan fingerprint density at radius 2 is 1.86 bits per heavy atom. The number of rotatable bonds is 5. The second-order valence-electron chi connectivity index (χ2n) is 6.82. The fourth-order valence-corrected chi connectivity index (χ4v) is 3.38. The highest BCUT2D eigenvalue weighted by atomic mass is 35.5. The molecule has 8 heteroatoms. The molecule has 0 radical (unpaired) electrons. The topological polar surface area (TPSA) is 87.7 Å². The maximum Gasteiger partial charge on any atom is 0.276 e. The minimum Gasteiger partial charge on any atom is -0.483 e. The second-order valence-corrected chi connectivity index (χ2v) is 7.26. The highest BCUT2D eigenvalue weighted by Crippen LogP contribution is 2.28. The van der Waals surface area contributed by atoms with Gasteiger partial charge < -0.3 is 9.64 Å². The summed E-state index contributed by atoms with van der Waals surface area (Å²) in [7, 11) is 0. The van der Waals surface area contributed by atoms with Gasteiger partial charge in [-0.05, 0) is 49.6 Å². The molecule has 0 atom stereocenters. The van der Waals surface area contributed by atoms with Crippen molar-refractivity contribution in [1.29, 1.82) is 0 Å². The van der Waals surface area contributed by atoms with Crippen LogP contribution in [0.1, 0.15) is 34.3 Å². The van der Waals surface area contributed by atoms with E-state index in [0.717, 1.165) is 17.5 Å². The predicted molar refractivity (Wildman–Crippen MR) is 110 cm³/mol. The summed E-state index contributed by atoms with van der Waals surface area (Å²) in [4.78, 5) is 38.3. The first-order chi connectivity index (χ1) is 13.9. The van der Waals surface area contributed by atoms with Crippen molar-refractivity contribution in [3.05, 3.63) is 58.1 Å². The molecule has 29 heavy (non-hydrogen) atoms. The average molecular weight is 416 g/mol. The summed E-state index contributed by atoms with van der Waals surface area (Å²) >= 11 is 6.04. The highest BCUT2D eigenvalue weighted by molar-refractivity contribution is 6.31. The van der Waals surface area contributed by atoms with Crippen molar-refractivity contribution in [3.63, 3.8) is 0 Å². The van der Waals surface area contributed by atoms with E-state index in [4.69, 9.17) is 16.3 Å². The standard InChI is InChI=1S/C21H22ClN3O4/c1-13-5-3-6-14(2)20(13)29-12-18(26)23-24-21(28)16-9-8-15(22)11-17(16)25-10-4-7-19(25)27/h3,5-6,8-9,11H,4,7,10,12H2,1-2H3,(H,23,26)(H,24,28). The number of carbonyl (C=O) groups excluding carboxylic acids is 3. The van der Waals surface area contributed by atoms with E-state index < -0.39 is 11.8 Å². The number of hydrazine groups is 1. The molecule has 1 fully saturated rings. The third-order valence-corrected chi connectivity index (χ3v) is 4.88. The number of nitrogens with one attached hydrogen (secondary N) is 2. The minimum atomic E-state index is -0.545. The van der Waals surface area contributed by atoms with E-state index in [9.17, 15) is 14.4 Å². The Labute approximate surface area is 173 Å². The number of anilines is 1. The number of nitrogens with zero attached hydrogens (tertiary/aromatic N) is 1. The van der Waals surface area contributed by atoms with Gasteiger partial charge in [0.2, 0.25) is 5.91 Å². The molecule has 1 aliphatic rings. The van der Waals surface area contributed by atoms with Crippen LogP contribution in [-0.2, 0) is 9.59 Å². The van der Waals surface area contributed by atoms with Crippen LogP contribution >= 0.6 is 11.6 Å². The number of carbonyl (C=O) groups is 3. The molecule has 2 N–H and O–H groups in total. The van der Waals surface area contributed by atoms with Crippen LogP contribution in [0.3, 0.4) is 0 Å². The van der Waals surface area contributed by atoms with E-state index in [1.807, 2.05) is 32.0 Å². The first kappa shape index (κ1) is 20.7. The summed E-state index contributed by atoms with van der Waals surface area (Å²) in [6.07, 6.45) is 1.15. The quantitative estimate of drug-likeness (QED) is 0.735. The van der Waals surface area contributed by atoms with E-state index in [2.05, 4.69) is 10.9 Å². The first-order valence-corrected chi connectivity index (χ1v) is 9.62. The molecule has 1 aliphatic heterocycles. The van der Waals surface area contributed by atoms with E-state index in [-0.39, 0.29) is 18.1 Å². The number of para-hydroxylation sites is 1. The van der Waals surface area contributed by atoms with Crippen molar-refractivity contribution in [2.45, 2.75) is 26.7 Å². The molecule has 152 valence electrons. The van der Waals surface area contributed by atoms with Crippen molar-refractivity contribution in [2.24, 2.45) is 0 Å². The van der Waals surface area contributed by atoms with Crippen LogP contribution in [-0.4, -0.2) is 30.9 Å². The number of hydrogen-bond acceptors (Lipinski definition) is 4. The zero-order chi connectivity index (χ0) is 21.0. The number of hydrogen-bond donors (Lipinski definition) is 2. The number of ether oxygens (including phenoxy) is 1. The molecule has 0 unspecified atom stereocenters. The largest absolute Gasteiger partial charge is 0.483 e. The molecule has 1 saturated heterocycles. The van der Waals surface area contributed by atoms with Crippen molar-refractivity contribution < 1.29 is 19.1 Å². The fourth-order valence-electron chi connectivity index (χ4n) is 3.22. The van der Waals surface area contributed by atoms with Gasteiger partial charge in [-0.15, -0.1) is 0 Å². The van der Waals surface area contributed by atoms with Crippen LogP contribution < -0.4 is 20.5 Å². The lowest BCUT2D eigenvalue weighted by Crippen LogP contribution is -2.44. The van der Waals surface area contributed by atoms with E-state index in [1.54, 1.807) is 12.1 Å².